The van der Waals surface area contributed by atoms with Crippen LogP contribution in [0.3, 0.4) is 0 Å². The normalized spacial score (nSPS) is 17.2. The van der Waals surface area contributed by atoms with Gasteiger partial charge in [-0.2, -0.15) is 0 Å². The Balaban J connectivity index is 1.36. The monoisotopic (exact) mass is 388 g/mol. The summed E-state index contributed by atoms with van der Waals surface area (Å²) in [7, 11) is 0. The highest BCUT2D eigenvalue weighted by molar-refractivity contribution is 8.01. The fourth-order valence-corrected chi connectivity index (χ4v) is 5.21. The molecule has 8 heteroatoms. The van der Waals surface area contributed by atoms with Crippen LogP contribution in [-0.2, 0) is 4.79 Å². The van der Waals surface area contributed by atoms with Gasteiger partial charge in [-0.1, -0.05) is 42.0 Å². The molecule has 2 aliphatic rings. The van der Waals surface area contributed by atoms with Crippen LogP contribution in [0.15, 0.2) is 28.6 Å². The number of carbonyl (C=O) groups is 2. The van der Waals surface area contributed by atoms with E-state index in [4.69, 9.17) is 0 Å². The van der Waals surface area contributed by atoms with Crippen molar-refractivity contribution in [3.63, 3.8) is 0 Å². The summed E-state index contributed by atoms with van der Waals surface area (Å²) in [6.45, 7) is 0. The molecule has 2 aliphatic carbocycles. The highest BCUT2D eigenvalue weighted by Gasteiger charge is 2.29. The number of aromatic nitrogens is 2. The molecule has 0 radical (unpaired) electrons. The summed E-state index contributed by atoms with van der Waals surface area (Å²) in [6.07, 6.45) is 6.92. The van der Waals surface area contributed by atoms with Crippen molar-refractivity contribution in [3.8, 4) is 0 Å². The van der Waals surface area contributed by atoms with Crippen LogP contribution < -0.4 is 10.6 Å². The zero-order chi connectivity index (χ0) is 17.9. The first-order valence-electron chi connectivity index (χ1n) is 8.90. The Kier molecular flexibility index (Phi) is 5.21. The molecule has 26 heavy (non-hydrogen) atoms. The largest absolute Gasteiger partial charge is 0.326 e. The van der Waals surface area contributed by atoms with Crippen LogP contribution in [0, 0.1) is 5.92 Å². The van der Waals surface area contributed by atoms with Gasteiger partial charge in [-0.05, 0) is 43.9 Å². The first-order chi connectivity index (χ1) is 12.7. The molecule has 2 amide bonds. The van der Waals surface area contributed by atoms with E-state index in [1.54, 1.807) is 36.0 Å². The smallest absolute Gasteiger partial charge is 0.257 e. The van der Waals surface area contributed by atoms with E-state index < -0.39 is 0 Å². The molecule has 6 nitrogen and oxygen atoms in total. The standard InChI is InChI=1S/C18H20N4O2S2/c23-15(11-8-9-11)19-13-5-3-4-12(10-13)16(24)20-17-21-22-18(26-17)25-14-6-1-2-7-14/h3-5,10-11,14H,1-2,6-9H2,(H,19,23)(H,20,21,24). The molecule has 4 rings (SSSR count). The van der Waals surface area contributed by atoms with Gasteiger partial charge in [0.05, 0.1) is 0 Å². The van der Waals surface area contributed by atoms with Gasteiger partial charge in [0.2, 0.25) is 11.0 Å². The molecule has 0 spiro atoms. The van der Waals surface area contributed by atoms with Crippen molar-refractivity contribution >= 4 is 45.7 Å². The second-order valence-corrected chi connectivity index (χ2v) is 9.22. The summed E-state index contributed by atoms with van der Waals surface area (Å²) < 4.78 is 0.901. The van der Waals surface area contributed by atoms with E-state index in [9.17, 15) is 9.59 Å². The molecule has 1 aromatic heterocycles. The maximum absolute atomic E-state index is 12.5. The number of benzene rings is 1. The van der Waals surface area contributed by atoms with E-state index in [0.717, 1.165) is 17.2 Å². The van der Waals surface area contributed by atoms with Crippen LogP contribution >= 0.6 is 23.1 Å². The molecular formula is C18H20N4O2S2. The van der Waals surface area contributed by atoms with Crippen LogP contribution in [-0.4, -0.2) is 27.3 Å². The molecule has 1 aromatic carbocycles. The fraction of sp³-hybridized carbons (Fsp3) is 0.444. The molecule has 2 N–H and O–H groups in total. The zero-order valence-electron chi connectivity index (χ0n) is 14.2. The number of anilines is 2. The van der Waals surface area contributed by atoms with Gasteiger partial charge in [0.25, 0.3) is 5.91 Å². The van der Waals surface area contributed by atoms with Crippen molar-refractivity contribution in [2.75, 3.05) is 10.6 Å². The lowest BCUT2D eigenvalue weighted by atomic mass is 10.2. The van der Waals surface area contributed by atoms with Crippen molar-refractivity contribution in [2.24, 2.45) is 5.92 Å². The van der Waals surface area contributed by atoms with Gasteiger partial charge in [-0.3, -0.25) is 14.9 Å². The van der Waals surface area contributed by atoms with Gasteiger partial charge in [0.15, 0.2) is 4.34 Å². The fourth-order valence-electron chi connectivity index (χ4n) is 2.95. The first-order valence-corrected chi connectivity index (χ1v) is 10.6. The molecule has 0 saturated heterocycles. The number of carbonyl (C=O) groups excluding carboxylic acids is 2. The van der Waals surface area contributed by atoms with Gasteiger partial charge < -0.3 is 5.32 Å². The highest BCUT2D eigenvalue weighted by Crippen LogP contribution is 2.37. The van der Waals surface area contributed by atoms with Crippen LogP contribution in [0.5, 0.6) is 0 Å². The Bertz CT molecular complexity index is 813. The average molecular weight is 389 g/mol. The lowest BCUT2D eigenvalue weighted by Gasteiger charge is -2.06. The van der Waals surface area contributed by atoms with E-state index >= 15 is 0 Å². The minimum absolute atomic E-state index is 0.0280. The zero-order valence-corrected chi connectivity index (χ0v) is 15.9. The number of rotatable bonds is 6. The topological polar surface area (TPSA) is 84.0 Å². The minimum atomic E-state index is -0.249. The Morgan fingerprint density at radius 2 is 1.88 bits per heavy atom. The average Bonchev–Trinajstić information content (AvgIpc) is 3.21. The third-order valence-corrected chi connectivity index (χ3v) is 6.80. The van der Waals surface area contributed by atoms with Gasteiger partial charge >= 0.3 is 0 Å². The first kappa shape index (κ1) is 17.5. The van der Waals surface area contributed by atoms with E-state index in [1.165, 1.54) is 37.0 Å². The lowest BCUT2D eigenvalue weighted by molar-refractivity contribution is -0.117. The maximum Gasteiger partial charge on any atom is 0.257 e. The third kappa shape index (κ3) is 4.42. The molecule has 2 fully saturated rings. The van der Waals surface area contributed by atoms with Crippen LogP contribution in [0.2, 0.25) is 0 Å². The molecule has 2 saturated carbocycles. The van der Waals surface area contributed by atoms with E-state index in [-0.39, 0.29) is 17.7 Å². The number of hydrogen-bond acceptors (Lipinski definition) is 6. The second-order valence-electron chi connectivity index (χ2n) is 6.70. The van der Waals surface area contributed by atoms with Gasteiger partial charge in [0, 0.05) is 22.4 Å². The molecule has 0 aliphatic heterocycles. The van der Waals surface area contributed by atoms with Crippen LogP contribution in [0.25, 0.3) is 0 Å². The van der Waals surface area contributed by atoms with Crippen molar-refractivity contribution in [1.82, 2.24) is 10.2 Å². The Hall–Kier alpha value is -1.93. The summed E-state index contributed by atoms with van der Waals surface area (Å²) in [5.41, 5.74) is 1.13. The summed E-state index contributed by atoms with van der Waals surface area (Å²) in [5, 5.41) is 15.0. The number of nitrogens with one attached hydrogen (secondary N) is 2. The molecule has 0 bridgehead atoms. The van der Waals surface area contributed by atoms with Crippen molar-refractivity contribution in [1.29, 1.82) is 0 Å². The van der Waals surface area contributed by atoms with Crippen molar-refractivity contribution in [3.05, 3.63) is 29.8 Å². The minimum Gasteiger partial charge on any atom is -0.326 e. The number of nitrogens with zero attached hydrogens (tertiary/aromatic N) is 2. The third-order valence-electron chi connectivity index (χ3n) is 4.54. The number of hydrogen-bond donors (Lipinski definition) is 2. The van der Waals surface area contributed by atoms with Crippen molar-refractivity contribution in [2.45, 2.75) is 48.1 Å². The lowest BCUT2D eigenvalue weighted by Crippen LogP contribution is -2.15. The quantitative estimate of drug-likeness (QED) is 0.726. The van der Waals surface area contributed by atoms with Gasteiger partial charge in [-0.25, -0.2) is 0 Å². The highest BCUT2D eigenvalue weighted by atomic mass is 32.2. The van der Waals surface area contributed by atoms with E-state index in [2.05, 4.69) is 20.8 Å². The van der Waals surface area contributed by atoms with E-state index in [1.807, 2.05) is 0 Å². The number of thioether (sulfide) groups is 1. The van der Waals surface area contributed by atoms with Gasteiger partial charge in [-0.15, -0.1) is 10.2 Å². The van der Waals surface area contributed by atoms with Crippen LogP contribution in [0.4, 0.5) is 10.8 Å². The Labute approximate surface area is 160 Å². The summed E-state index contributed by atoms with van der Waals surface area (Å²) in [5.74, 6) is -0.0917. The SMILES string of the molecule is O=C(Nc1nnc(SC2CCCC2)s1)c1cccc(NC(=O)C2CC2)c1. The van der Waals surface area contributed by atoms with Crippen LogP contribution in [0.1, 0.15) is 48.9 Å². The molecule has 136 valence electrons. The predicted molar refractivity (Wildman–Crippen MR) is 104 cm³/mol. The summed E-state index contributed by atoms with van der Waals surface area (Å²) in [6, 6.07) is 6.96. The molecule has 2 aromatic rings. The molecule has 0 unspecified atom stereocenters. The molecule has 1 heterocycles. The Morgan fingerprint density at radius 1 is 1.08 bits per heavy atom. The summed E-state index contributed by atoms with van der Waals surface area (Å²) in [4.78, 5) is 24.3. The molecule has 0 atom stereocenters. The maximum atomic E-state index is 12.5. The van der Waals surface area contributed by atoms with Gasteiger partial charge in [0.1, 0.15) is 0 Å². The molecular weight excluding hydrogens is 368 g/mol. The predicted octanol–water partition coefficient (Wildman–Crippen LogP) is 4.17. The number of amides is 2. The van der Waals surface area contributed by atoms with Crippen molar-refractivity contribution < 1.29 is 9.59 Å². The summed E-state index contributed by atoms with van der Waals surface area (Å²) >= 11 is 3.17. The second kappa shape index (κ2) is 7.75. The van der Waals surface area contributed by atoms with E-state index in [0.29, 0.717) is 21.6 Å². The Morgan fingerprint density at radius 3 is 2.65 bits per heavy atom.